The minimum absolute atomic E-state index is 0.0729. The number of ether oxygens (including phenoxy) is 2. The molecule has 0 amide bonds. The smallest absolute Gasteiger partial charge is 0.209 e. The van der Waals surface area contributed by atoms with Gasteiger partial charge < -0.3 is 18.8 Å². The van der Waals surface area contributed by atoms with Crippen molar-refractivity contribution in [2.24, 2.45) is 5.92 Å². The Balaban J connectivity index is 1.63. The van der Waals surface area contributed by atoms with E-state index in [9.17, 15) is 0 Å². The molecule has 0 N–H and O–H groups in total. The van der Waals surface area contributed by atoms with Crippen LogP contribution in [0.15, 0.2) is 28.9 Å². The molecule has 1 fully saturated rings. The average Bonchev–Trinajstić information content (AvgIpc) is 3.08. The fourth-order valence-electron chi connectivity index (χ4n) is 3.40. The molecule has 0 saturated carbocycles. The molecule has 0 aliphatic carbocycles. The number of nitrogens with zero attached hydrogens (tertiary/aromatic N) is 2. The van der Waals surface area contributed by atoms with Crippen molar-refractivity contribution in [1.82, 2.24) is 4.98 Å². The predicted molar refractivity (Wildman–Crippen MR) is 91.2 cm³/mol. The largest absolute Gasteiger partial charge is 0.448 e. The van der Waals surface area contributed by atoms with E-state index in [2.05, 4.69) is 29.8 Å². The van der Waals surface area contributed by atoms with Gasteiger partial charge >= 0.3 is 0 Å². The van der Waals surface area contributed by atoms with Crippen molar-refractivity contribution in [3.8, 4) is 0 Å². The Morgan fingerprint density at radius 3 is 2.83 bits per heavy atom. The molecule has 2 aliphatic rings. The highest BCUT2D eigenvalue weighted by molar-refractivity contribution is 6.30. The van der Waals surface area contributed by atoms with Gasteiger partial charge in [-0.25, -0.2) is 4.98 Å². The molecule has 1 atom stereocenters. The summed E-state index contributed by atoms with van der Waals surface area (Å²) in [5.41, 5.74) is 3.07. The van der Waals surface area contributed by atoms with Gasteiger partial charge in [0.1, 0.15) is 12.0 Å². The summed E-state index contributed by atoms with van der Waals surface area (Å²) in [5.74, 6) is 1.33. The summed E-state index contributed by atoms with van der Waals surface area (Å²) in [6.45, 7) is 8.13. The van der Waals surface area contributed by atoms with Crippen LogP contribution in [0.4, 0.5) is 5.69 Å². The molecule has 0 bridgehead atoms. The van der Waals surface area contributed by atoms with Gasteiger partial charge in [-0.2, -0.15) is 0 Å². The second-order valence-electron chi connectivity index (χ2n) is 6.84. The van der Waals surface area contributed by atoms with Gasteiger partial charge in [0.05, 0.1) is 5.92 Å². The first kappa shape index (κ1) is 15.9. The topological polar surface area (TPSA) is 47.7 Å². The lowest BCUT2D eigenvalue weighted by molar-refractivity contribution is -0.384. The maximum atomic E-state index is 6.22. The zero-order valence-electron chi connectivity index (χ0n) is 14.0. The third-order valence-electron chi connectivity index (χ3n) is 4.40. The van der Waals surface area contributed by atoms with E-state index in [1.807, 2.05) is 19.1 Å². The summed E-state index contributed by atoms with van der Waals surface area (Å²) in [4.78, 5) is 6.98. The van der Waals surface area contributed by atoms with Crippen LogP contribution in [0.25, 0.3) is 0 Å². The van der Waals surface area contributed by atoms with Crippen molar-refractivity contribution >= 4 is 17.3 Å². The first-order valence-corrected chi connectivity index (χ1v) is 8.69. The highest BCUT2D eigenvalue weighted by atomic mass is 35.5. The molecule has 4 rings (SSSR count). The van der Waals surface area contributed by atoms with Crippen LogP contribution in [-0.4, -0.2) is 24.4 Å². The molecule has 6 heteroatoms. The number of fused-ring (bicyclic) bond motifs is 1. The van der Waals surface area contributed by atoms with Crippen molar-refractivity contribution in [2.75, 3.05) is 18.0 Å². The molecule has 2 aliphatic heterocycles. The molecule has 1 aromatic carbocycles. The van der Waals surface area contributed by atoms with Crippen LogP contribution in [0.1, 0.15) is 50.1 Å². The van der Waals surface area contributed by atoms with Gasteiger partial charge in [0.2, 0.25) is 12.2 Å². The Bertz CT molecular complexity index is 740. The van der Waals surface area contributed by atoms with Gasteiger partial charge in [0.15, 0.2) is 6.29 Å². The SMILES string of the molecule is CC(C)CN1CC(c2nc(C3OC(C)O3)co2)c2cc(Cl)ccc21. The number of rotatable bonds is 4. The quantitative estimate of drug-likeness (QED) is 0.823. The van der Waals surface area contributed by atoms with Crippen molar-refractivity contribution in [2.45, 2.75) is 39.3 Å². The monoisotopic (exact) mass is 348 g/mol. The summed E-state index contributed by atoms with van der Waals surface area (Å²) < 4.78 is 16.7. The van der Waals surface area contributed by atoms with E-state index in [1.54, 1.807) is 6.26 Å². The molecule has 128 valence electrons. The Morgan fingerprint density at radius 2 is 2.12 bits per heavy atom. The minimum atomic E-state index is -0.412. The first-order chi connectivity index (χ1) is 11.5. The van der Waals surface area contributed by atoms with Gasteiger partial charge in [0.25, 0.3) is 0 Å². The number of hydrogen-bond acceptors (Lipinski definition) is 5. The molecule has 1 unspecified atom stereocenters. The fraction of sp³-hybridized carbons (Fsp3) is 0.500. The maximum Gasteiger partial charge on any atom is 0.209 e. The standard InChI is InChI=1S/C18H21ClN2O3/c1-10(2)7-21-8-14(13-6-12(19)4-5-16(13)21)17-20-15(9-22-17)18-23-11(3)24-18/h4-6,9-11,14,18H,7-8H2,1-3H3. The van der Waals surface area contributed by atoms with Crippen molar-refractivity contribution in [3.05, 3.63) is 46.6 Å². The summed E-state index contributed by atoms with van der Waals surface area (Å²) in [5, 5.41) is 0.733. The normalized spacial score (nSPS) is 25.9. The zero-order chi connectivity index (χ0) is 16.8. The maximum absolute atomic E-state index is 6.22. The highest BCUT2D eigenvalue weighted by Crippen LogP contribution is 2.42. The number of anilines is 1. The van der Waals surface area contributed by atoms with Crippen molar-refractivity contribution in [3.63, 3.8) is 0 Å². The van der Waals surface area contributed by atoms with Gasteiger partial charge in [0, 0.05) is 23.8 Å². The van der Waals surface area contributed by atoms with E-state index in [4.69, 9.17) is 25.5 Å². The Labute approximate surface area is 146 Å². The third kappa shape index (κ3) is 2.81. The van der Waals surface area contributed by atoms with Crippen molar-refractivity contribution < 1.29 is 13.9 Å². The molecule has 24 heavy (non-hydrogen) atoms. The molecule has 5 nitrogen and oxygen atoms in total. The second kappa shape index (κ2) is 6.06. The van der Waals surface area contributed by atoms with E-state index in [1.165, 1.54) is 11.3 Å². The molecule has 1 saturated heterocycles. The number of halogens is 1. The van der Waals surface area contributed by atoms with Gasteiger partial charge in [-0.05, 0) is 36.6 Å². The highest BCUT2D eigenvalue weighted by Gasteiger charge is 2.36. The van der Waals surface area contributed by atoms with Crippen LogP contribution < -0.4 is 4.90 Å². The summed E-state index contributed by atoms with van der Waals surface area (Å²) in [7, 11) is 0. The van der Waals surface area contributed by atoms with Crippen LogP contribution in [0, 0.1) is 5.92 Å². The van der Waals surface area contributed by atoms with Gasteiger partial charge in [-0.3, -0.25) is 0 Å². The molecule has 2 aromatic rings. The molecule has 3 heterocycles. The lowest BCUT2D eigenvalue weighted by Gasteiger charge is -2.31. The molecular weight excluding hydrogens is 328 g/mol. The van der Waals surface area contributed by atoms with Crippen LogP contribution in [0.2, 0.25) is 5.02 Å². The number of oxazole rings is 1. The lowest BCUT2D eigenvalue weighted by atomic mass is 10.0. The molecular formula is C18H21ClN2O3. The van der Waals surface area contributed by atoms with E-state index in [0.29, 0.717) is 17.5 Å². The van der Waals surface area contributed by atoms with Gasteiger partial charge in [-0.15, -0.1) is 0 Å². The van der Waals surface area contributed by atoms with E-state index >= 15 is 0 Å². The zero-order valence-corrected chi connectivity index (χ0v) is 14.8. The van der Waals surface area contributed by atoms with E-state index < -0.39 is 6.29 Å². The number of benzene rings is 1. The minimum Gasteiger partial charge on any atom is -0.448 e. The summed E-state index contributed by atoms with van der Waals surface area (Å²) >= 11 is 6.22. The van der Waals surface area contributed by atoms with Crippen LogP contribution in [0.5, 0.6) is 0 Å². The van der Waals surface area contributed by atoms with Gasteiger partial charge in [-0.1, -0.05) is 25.4 Å². The van der Waals surface area contributed by atoms with Crippen LogP contribution >= 0.6 is 11.6 Å². The van der Waals surface area contributed by atoms with Crippen LogP contribution in [0.3, 0.4) is 0 Å². The Morgan fingerprint density at radius 1 is 1.33 bits per heavy atom. The Kier molecular flexibility index (Phi) is 4.03. The van der Waals surface area contributed by atoms with Crippen LogP contribution in [-0.2, 0) is 9.47 Å². The number of aromatic nitrogens is 1. The predicted octanol–water partition coefficient (Wildman–Crippen LogP) is 4.33. The molecule has 0 spiro atoms. The van der Waals surface area contributed by atoms with E-state index in [-0.39, 0.29) is 12.2 Å². The third-order valence-corrected chi connectivity index (χ3v) is 4.64. The lowest BCUT2D eigenvalue weighted by Crippen LogP contribution is -2.31. The fourth-order valence-corrected chi connectivity index (χ4v) is 3.58. The average molecular weight is 349 g/mol. The summed E-state index contributed by atoms with van der Waals surface area (Å²) in [6, 6.07) is 6.04. The molecule has 0 radical (unpaired) electrons. The second-order valence-corrected chi connectivity index (χ2v) is 7.27. The Hall–Kier alpha value is -1.56. The summed E-state index contributed by atoms with van der Waals surface area (Å²) in [6.07, 6.45) is 1.04. The number of hydrogen-bond donors (Lipinski definition) is 0. The molecule has 1 aromatic heterocycles. The first-order valence-electron chi connectivity index (χ1n) is 8.32. The van der Waals surface area contributed by atoms with E-state index in [0.717, 1.165) is 18.1 Å². The van der Waals surface area contributed by atoms with Crippen molar-refractivity contribution in [1.29, 1.82) is 0 Å².